The third kappa shape index (κ3) is 6.18. The number of nitrogens with zero attached hydrogens (tertiary/aromatic N) is 5. The van der Waals surface area contributed by atoms with Crippen LogP contribution >= 0.6 is 0 Å². The molecule has 0 atom stereocenters. The molecule has 262 valence electrons. The van der Waals surface area contributed by atoms with E-state index in [1.165, 1.54) is 33.4 Å². The molecule has 53 heavy (non-hydrogen) atoms. The third-order valence-corrected chi connectivity index (χ3v) is 10.2. The number of hydrogen-bond donors (Lipinski definition) is 0. The van der Waals surface area contributed by atoms with Gasteiger partial charge in [-0.3, -0.25) is 0 Å². The lowest BCUT2D eigenvalue weighted by Gasteiger charge is -2.18. The standard InChI is InChI=1S/C47H44N5O/c1-27-15-21-36-37-22-16-31(5)48-45(37)53-42(36)41(27)39-25-38(30(4)26-52(39)9)40-28(2)23-35(24-29(40)3)32-17-19-34(20-18-32)44-49-43(33-13-11-10-12-14-33)50-46(51-44)47(6,7)8/h10-26H,1-9H3/q+1. The first-order valence-electron chi connectivity index (χ1n) is 18.2. The van der Waals surface area contributed by atoms with Gasteiger partial charge in [-0.05, 0) is 85.7 Å². The number of fused-ring (bicyclic) bond motifs is 3. The third-order valence-electron chi connectivity index (χ3n) is 10.2. The Morgan fingerprint density at radius 2 is 1.17 bits per heavy atom. The summed E-state index contributed by atoms with van der Waals surface area (Å²) < 4.78 is 8.71. The largest absolute Gasteiger partial charge is 0.437 e. The van der Waals surface area contributed by atoms with Crippen LogP contribution < -0.4 is 4.57 Å². The number of benzene rings is 4. The molecule has 0 N–H and O–H groups in total. The van der Waals surface area contributed by atoms with E-state index in [9.17, 15) is 0 Å². The van der Waals surface area contributed by atoms with Crippen molar-refractivity contribution in [2.45, 2.75) is 60.8 Å². The predicted octanol–water partition coefficient (Wildman–Crippen LogP) is 11.2. The lowest BCUT2D eigenvalue weighted by atomic mass is 9.88. The van der Waals surface area contributed by atoms with Gasteiger partial charge in [0.15, 0.2) is 23.4 Å². The highest BCUT2D eigenvalue weighted by Gasteiger charge is 2.25. The molecule has 6 heteroatoms. The van der Waals surface area contributed by atoms with Crippen molar-refractivity contribution in [2.75, 3.05) is 0 Å². The molecular weight excluding hydrogens is 651 g/mol. The van der Waals surface area contributed by atoms with E-state index in [2.05, 4.69) is 127 Å². The fraction of sp³-hybridized carbons (Fsp3) is 0.213. The molecule has 0 radical (unpaired) electrons. The fourth-order valence-corrected chi connectivity index (χ4v) is 7.45. The van der Waals surface area contributed by atoms with Crippen LogP contribution in [0.1, 0.15) is 54.5 Å². The fourth-order valence-electron chi connectivity index (χ4n) is 7.45. The smallest absolute Gasteiger partial charge is 0.227 e. The summed E-state index contributed by atoms with van der Waals surface area (Å²) in [6.45, 7) is 17.2. The van der Waals surface area contributed by atoms with Gasteiger partial charge >= 0.3 is 0 Å². The predicted molar refractivity (Wildman–Crippen MR) is 216 cm³/mol. The highest BCUT2D eigenvalue weighted by Crippen LogP contribution is 2.40. The van der Waals surface area contributed by atoms with Crippen molar-refractivity contribution < 1.29 is 8.98 Å². The van der Waals surface area contributed by atoms with E-state index in [1.807, 2.05) is 43.3 Å². The lowest BCUT2D eigenvalue weighted by Crippen LogP contribution is -2.31. The normalized spacial score (nSPS) is 11.9. The molecule has 0 amide bonds. The second-order valence-corrected chi connectivity index (χ2v) is 15.4. The molecule has 4 aromatic carbocycles. The van der Waals surface area contributed by atoms with Crippen molar-refractivity contribution in [3.05, 3.63) is 137 Å². The van der Waals surface area contributed by atoms with Gasteiger partial charge in [-0.25, -0.2) is 24.5 Å². The number of aromatic nitrogens is 5. The maximum Gasteiger partial charge on any atom is 0.227 e. The molecule has 0 aliphatic heterocycles. The Balaban J connectivity index is 1.17. The first kappa shape index (κ1) is 34.1. The molecule has 0 bridgehead atoms. The molecule has 0 saturated heterocycles. The number of furan rings is 1. The zero-order valence-electron chi connectivity index (χ0n) is 32.0. The molecule has 6 nitrogen and oxygen atoms in total. The Bertz CT molecular complexity index is 2680. The van der Waals surface area contributed by atoms with E-state index < -0.39 is 0 Å². The number of pyridine rings is 2. The summed E-state index contributed by atoms with van der Waals surface area (Å²) in [4.78, 5) is 19.4. The first-order chi connectivity index (χ1) is 25.4. The zero-order valence-corrected chi connectivity index (χ0v) is 32.0. The quantitative estimate of drug-likeness (QED) is 0.168. The Morgan fingerprint density at radius 3 is 1.83 bits per heavy atom. The van der Waals surface area contributed by atoms with Gasteiger partial charge in [-0.1, -0.05) is 99.6 Å². The molecule has 8 rings (SSSR count). The molecule has 8 aromatic rings. The van der Waals surface area contributed by atoms with Gasteiger partial charge < -0.3 is 4.42 Å². The first-order valence-corrected chi connectivity index (χ1v) is 18.2. The van der Waals surface area contributed by atoms with E-state index in [0.29, 0.717) is 17.4 Å². The lowest BCUT2D eigenvalue weighted by molar-refractivity contribution is -0.660. The van der Waals surface area contributed by atoms with E-state index in [0.717, 1.165) is 61.4 Å². The van der Waals surface area contributed by atoms with Crippen molar-refractivity contribution in [3.63, 3.8) is 0 Å². The van der Waals surface area contributed by atoms with Gasteiger partial charge in [-0.15, -0.1) is 0 Å². The maximum absolute atomic E-state index is 6.49. The van der Waals surface area contributed by atoms with Crippen molar-refractivity contribution in [1.29, 1.82) is 0 Å². The van der Waals surface area contributed by atoms with Crippen molar-refractivity contribution in [2.24, 2.45) is 7.05 Å². The van der Waals surface area contributed by atoms with E-state index in [1.54, 1.807) is 0 Å². The molecule has 0 aliphatic carbocycles. The summed E-state index contributed by atoms with van der Waals surface area (Å²) >= 11 is 0. The van der Waals surface area contributed by atoms with Gasteiger partial charge in [0.25, 0.3) is 0 Å². The van der Waals surface area contributed by atoms with Crippen LogP contribution in [0.4, 0.5) is 0 Å². The number of rotatable bonds is 5. The second kappa shape index (κ2) is 12.9. The Hall–Kier alpha value is -6.01. The molecule has 0 fully saturated rings. The summed E-state index contributed by atoms with van der Waals surface area (Å²) in [5.74, 6) is 2.15. The summed E-state index contributed by atoms with van der Waals surface area (Å²) in [6.07, 6.45) is 2.23. The molecule has 0 spiro atoms. The van der Waals surface area contributed by atoms with Crippen molar-refractivity contribution in [3.8, 4) is 56.3 Å². The second-order valence-electron chi connectivity index (χ2n) is 15.4. The highest BCUT2D eigenvalue weighted by molar-refractivity contribution is 6.09. The van der Waals surface area contributed by atoms with Gasteiger partial charge in [0.2, 0.25) is 11.4 Å². The van der Waals surface area contributed by atoms with Crippen molar-refractivity contribution in [1.82, 2.24) is 19.9 Å². The molecule has 0 saturated carbocycles. The van der Waals surface area contributed by atoms with Crippen LogP contribution in [0.5, 0.6) is 0 Å². The van der Waals surface area contributed by atoms with E-state index >= 15 is 0 Å². The summed E-state index contributed by atoms with van der Waals surface area (Å²) in [5, 5.41) is 2.12. The van der Waals surface area contributed by atoms with E-state index in [-0.39, 0.29) is 5.41 Å². The minimum atomic E-state index is -0.219. The SMILES string of the molecule is Cc1ccc2c(n1)oc1c(-c3cc(-c4c(C)cc(-c5ccc(-c6nc(-c7ccccc7)nc(C(C)(C)C)n6)cc5)cc4C)c(C)c[n+]3C)c(C)ccc12. The van der Waals surface area contributed by atoms with Crippen LogP contribution in [0.25, 0.3) is 78.4 Å². The molecular formula is C47H44N5O+. The van der Waals surface area contributed by atoms with Crippen LogP contribution in [-0.2, 0) is 12.5 Å². The molecule has 0 aliphatic rings. The summed E-state index contributed by atoms with van der Waals surface area (Å²) in [7, 11) is 2.12. The van der Waals surface area contributed by atoms with Gasteiger partial charge in [0.1, 0.15) is 12.9 Å². The average Bonchev–Trinajstić information content (AvgIpc) is 3.49. The summed E-state index contributed by atoms with van der Waals surface area (Å²) in [5.41, 5.74) is 16.0. The maximum atomic E-state index is 6.49. The van der Waals surface area contributed by atoms with Crippen molar-refractivity contribution >= 4 is 22.1 Å². The van der Waals surface area contributed by atoms with Crippen LogP contribution in [0, 0.1) is 34.6 Å². The number of hydrogen-bond acceptors (Lipinski definition) is 5. The minimum Gasteiger partial charge on any atom is -0.437 e. The topological polar surface area (TPSA) is 68.6 Å². The summed E-state index contributed by atoms with van der Waals surface area (Å²) in [6, 6.07) is 34.1. The monoisotopic (exact) mass is 694 g/mol. The van der Waals surface area contributed by atoms with E-state index in [4.69, 9.17) is 24.4 Å². The van der Waals surface area contributed by atoms with Crippen LogP contribution in [0.3, 0.4) is 0 Å². The molecule has 4 heterocycles. The molecule has 0 unspecified atom stereocenters. The van der Waals surface area contributed by atoms with Gasteiger partial charge in [0, 0.05) is 44.6 Å². The molecule has 4 aromatic heterocycles. The van der Waals surface area contributed by atoms with Crippen LogP contribution in [0.2, 0.25) is 0 Å². The zero-order chi connectivity index (χ0) is 37.2. The van der Waals surface area contributed by atoms with Crippen LogP contribution in [0.15, 0.2) is 108 Å². The Kier molecular flexibility index (Phi) is 8.29. The average molecular weight is 695 g/mol. The Morgan fingerprint density at radius 1 is 0.547 bits per heavy atom. The van der Waals surface area contributed by atoms with Gasteiger partial charge in [-0.2, -0.15) is 0 Å². The highest BCUT2D eigenvalue weighted by atomic mass is 16.3. The van der Waals surface area contributed by atoms with Gasteiger partial charge in [0.05, 0.1) is 5.56 Å². The minimum absolute atomic E-state index is 0.219. The Labute approximate surface area is 311 Å². The number of aryl methyl sites for hydroxylation is 6. The van der Waals surface area contributed by atoms with Crippen LogP contribution in [-0.4, -0.2) is 19.9 Å².